The van der Waals surface area contributed by atoms with E-state index in [2.05, 4.69) is 6.92 Å². The number of esters is 1. The summed E-state index contributed by atoms with van der Waals surface area (Å²) < 4.78 is 59.6. The van der Waals surface area contributed by atoms with Gasteiger partial charge in [0.15, 0.2) is 0 Å². The Balaban J connectivity index is 3.13. The highest BCUT2D eigenvalue weighted by Crippen LogP contribution is 2.13. The number of hydrogen-bond acceptors (Lipinski definition) is 12. The molecule has 0 saturated heterocycles. The molecule has 12 nitrogen and oxygen atoms in total. The first-order chi connectivity index (χ1) is 25.8. The van der Waals surface area contributed by atoms with Crippen LogP contribution >= 0.6 is 0 Å². The fraction of sp³-hybridized carbons (Fsp3) is 0.975. The molecule has 0 saturated carbocycles. The van der Waals surface area contributed by atoms with Crippen molar-refractivity contribution in [2.75, 3.05) is 139 Å². The zero-order valence-electron chi connectivity index (χ0n) is 33.6. The molecule has 0 aromatic heterocycles. The molecule has 0 bridgehead atoms. The van der Waals surface area contributed by atoms with Crippen LogP contribution in [0.1, 0.15) is 117 Å². The van der Waals surface area contributed by atoms with E-state index in [1.54, 1.807) is 0 Å². The van der Waals surface area contributed by atoms with Gasteiger partial charge in [-0.25, -0.2) is 0 Å². The standard InChI is InChI=1S/C40H80O12/c1-3-5-6-7-8-9-10-11-12-13-14-15-16-17-18-19-40(41)52-39-38-51-37-36-50-35-34-49-33-32-48-31-30-47-29-28-46-27-26-45-25-24-44-23-22-43-21-20-42-4-2/h3-39H2,1-2H3. The lowest BCUT2D eigenvalue weighted by Crippen LogP contribution is -2.15. The van der Waals surface area contributed by atoms with E-state index >= 15 is 0 Å². The van der Waals surface area contributed by atoms with Crippen LogP contribution in [0.5, 0.6) is 0 Å². The lowest BCUT2D eigenvalue weighted by atomic mass is 10.0. The molecule has 0 radical (unpaired) electrons. The van der Waals surface area contributed by atoms with Crippen molar-refractivity contribution < 1.29 is 56.9 Å². The fourth-order valence-corrected chi connectivity index (χ4v) is 5.05. The average molecular weight is 753 g/mol. The molecule has 0 rings (SSSR count). The van der Waals surface area contributed by atoms with Crippen molar-refractivity contribution in [1.82, 2.24) is 0 Å². The third-order valence-corrected chi connectivity index (χ3v) is 8.03. The topological polar surface area (TPSA) is 119 Å². The molecule has 12 heteroatoms. The zero-order chi connectivity index (χ0) is 37.5. The Kier molecular flexibility index (Phi) is 47.2. The SMILES string of the molecule is CCCCCCCCCCCCCCCCCC(=O)OCCOCCOCCOCCOCCOCCOCCOCCOCCOCCOCC. The van der Waals surface area contributed by atoms with Crippen LogP contribution in [0.4, 0.5) is 0 Å². The molecule has 312 valence electrons. The van der Waals surface area contributed by atoms with Crippen molar-refractivity contribution in [2.24, 2.45) is 0 Å². The van der Waals surface area contributed by atoms with Crippen molar-refractivity contribution in [2.45, 2.75) is 117 Å². The Bertz CT molecular complexity index is 658. The summed E-state index contributed by atoms with van der Waals surface area (Å²) in [6, 6.07) is 0. The highest BCUT2D eigenvalue weighted by molar-refractivity contribution is 5.69. The summed E-state index contributed by atoms with van der Waals surface area (Å²) in [4.78, 5) is 11.9. The van der Waals surface area contributed by atoms with Gasteiger partial charge >= 0.3 is 5.97 Å². The minimum atomic E-state index is -0.128. The summed E-state index contributed by atoms with van der Waals surface area (Å²) in [5, 5.41) is 0. The van der Waals surface area contributed by atoms with Gasteiger partial charge in [-0.15, -0.1) is 0 Å². The van der Waals surface area contributed by atoms with E-state index in [-0.39, 0.29) is 5.97 Å². The molecule has 0 fully saturated rings. The minimum Gasteiger partial charge on any atom is -0.463 e. The van der Waals surface area contributed by atoms with Crippen LogP contribution < -0.4 is 0 Å². The van der Waals surface area contributed by atoms with E-state index in [9.17, 15) is 4.79 Å². The minimum absolute atomic E-state index is 0.128. The molecule has 0 aliphatic heterocycles. The van der Waals surface area contributed by atoms with Crippen LogP contribution in [0.2, 0.25) is 0 Å². The molecule has 0 aromatic rings. The molecule has 52 heavy (non-hydrogen) atoms. The van der Waals surface area contributed by atoms with Crippen LogP contribution in [0.15, 0.2) is 0 Å². The first-order valence-electron chi connectivity index (χ1n) is 20.7. The van der Waals surface area contributed by atoms with Crippen molar-refractivity contribution in [3.63, 3.8) is 0 Å². The molecule has 0 aliphatic rings. The predicted octanol–water partition coefficient (Wildman–Crippen LogP) is 6.98. The number of carbonyl (C=O) groups excluding carboxylic acids is 1. The van der Waals surface area contributed by atoms with E-state index in [1.165, 1.54) is 83.5 Å². The van der Waals surface area contributed by atoms with Gasteiger partial charge in [0.05, 0.1) is 126 Å². The molecule has 0 atom stereocenters. The smallest absolute Gasteiger partial charge is 0.305 e. The summed E-state index contributed by atoms with van der Waals surface area (Å²) in [6.45, 7) is 15.0. The molecule has 0 heterocycles. The molecular formula is C40H80O12. The number of carbonyl (C=O) groups is 1. The fourth-order valence-electron chi connectivity index (χ4n) is 5.05. The molecule has 0 aliphatic carbocycles. The van der Waals surface area contributed by atoms with Gasteiger partial charge in [-0.1, -0.05) is 96.8 Å². The van der Waals surface area contributed by atoms with Gasteiger partial charge in [0.2, 0.25) is 0 Å². The summed E-state index contributed by atoms with van der Waals surface area (Å²) in [7, 11) is 0. The second-order valence-electron chi connectivity index (χ2n) is 12.6. The Labute approximate surface area is 317 Å². The second-order valence-corrected chi connectivity index (χ2v) is 12.6. The van der Waals surface area contributed by atoms with Gasteiger partial charge in [-0.2, -0.15) is 0 Å². The number of hydrogen-bond donors (Lipinski definition) is 0. The quantitative estimate of drug-likeness (QED) is 0.0472. The lowest BCUT2D eigenvalue weighted by Gasteiger charge is -2.09. The predicted molar refractivity (Wildman–Crippen MR) is 204 cm³/mol. The normalized spacial score (nSPS) is 11.5. The highest BCUT2D eigenvalue weighted by atomic mass is 16.6. The third kappa shape index (κ3) is 47.1. The second kappa shape index (κ2) is 48.1. The van der Waals surface area contributed by atoms with Gasteiger partial charge in [-0.05, 0) is 13.3 Å². The van der Waals surface area contributed by atoms with Crippen molar-refractivity contribution in [3.8, 4) is 0 Å². The van der Waals surface area contributed by atoms with E-state index in [1.807, 2.05) is 6.92 Å². The van der Waals surface area contributed by atoms with Crippen LogP contribution in [0.3, 0.4) is 0 Å². The van der Waals surface area contributed by atoms with Gasteiger partial charge in [-0.3, -0.25) is 4.79 Å². The molecule has 0 N–H and O–H groups in total. The zero-order valence-corrected chi connectivity index (χ0v) is 33.6. The Morgan fingerprint density at radius 2 is 0.519 bits per heavy atom. The van der Waals surface area contributed by atoms with Crippen molar-refractivity contribution in [3.05, 3.63) is 0 Å². The summed E-state index contributed by atoms with van der Waals surface area (Å²) >= 11 is 0. The third-order valence-electron chi connectivity index (χ3n) is 8.03. The van der Waals surface area contributed by atoms with Gasteiger partial charge in [0, 0.05) is 13.0 Å². The number of rotatable bonds is 47. The van der Waals surface area contributed by atoms with E-state index in [4.69, 9.17) is 52.1 Å². The number of unbranched alkanes of at least 4 members (excludes halogenated alkanes) is 14. The first kappa shape index (κ1) is 51.1. The van der Waals surface area contributed by atoms with E-state index < -0.39 is 0 Å². The highest BCUT2D eigenvalue weighted by Gasteiger charge is 2.03. The molecule has 0 aromatic carbocycles. The molecule has 0 unspecified atom stereocenters. The maximum Gasteiger partial charge on any atom is 0.305 e. The number of ether oxygens (including phenoxy) is 11. The summed E-state index contributed by atoms with van der Waals surface area (Å²) in [5.74, 6) is -0.128. The van der Waals surface area contributed by atoms with Crippen molar-refractivity contribution in [1.29, 1.82) is 0 Å². The Hall–Kier alpha value is -0.930. The average Bonchev–Trinajstić information content (AvgIpc) is 3.15. The Morgan fingerprint density at radius 1 is 0.288 bits per heavy atom. The van der Waals surface area contributed by atoms with Crippen LogP contribution in [0.25, 0.3) is 0 Å². The van der Waals surface area contributed by atoms with Crippen LogP contribution in [0, 0.1) is 0 Å². The Morgan fingerprint density at radius 3 is 0.788 bits per heavy atom. The monoisotopic (exact) mass is 753 g/mol. The molecule has 0 amide bonds. The lowest BCUT2D eigenvalue weighted by molar-refractivity contribution is -0.145. The van der Waals surface area contributed by atoms with E-state index in [0.717, 1.165) is 12.8 Å². The summed E-state index contributed by atoms with van der Waals surface area (Å²) in [5.41, 5.74) is 0. The van der Waals surface area contributed by atoms with Crippen LogP contribution in [-0.4, -0.2) is 145 Å². The largest absolute Gasteiger partial charge is 0.463 e. The van der Waals surface area contributed by atoms with Gasteiger partial charge in [0.1, 0.15) is 6.61 Å². The molecular weight excluding hydrogens is 672 g/mol. The van der Waals surface area contributed by atoms with Crippen molar-refractivity contribution >= 4 is 5.97 Å². The summed E-state index contributed by atoms with van der Waals surface area (Å²) in [6.07, 6.45) is 20.2. The van der Waals surface area contributed by atoms with Crippen LogP contribution in [-0.2, 0) is 56.9 Å². The maximum atomic E-state index is 11.9. The first-order valence-corrected chi connectivity index (χ1v) is 20.7. The maximum absolute atomic E-state index is 11.9. The van der Waals surface area contributed by atoms with Gasteiger partial charge in [0.25, 0.3) is 0 Å². The van der Waals surface area contributed by atoms with E-state index in [0.29, 0.717) is 145 Å². The van der Waals surface area contributed by atoms with Gasteiger partial charge < -0.3 is 52.1 Å². The molecule has 0 spiro atoms.